The molecule has 1 aliphatic heterocycles. The molecule has 8 heteroatoms. The molecular weight excluding hydrogens is 362 g/mol. The average Bonchev–Trinajstić information content (AvgIpc) is 3.08. The first kappa shape index (κ1) is 18.2. The van der Waals surface area contributed by atoms with E-state index in [9.17, 15) is 9.59 Å². The van der Waals surface area contributed by atoms with Gasteiger partial charge in [0.25, 0.3) is 5.56 Å². The lowest BCUT2D eigenvalue weighted by atomic mass is 10.2. The van der Waals surface area contributed by atoms with Gasteiger partial charge in [0.15, 0.2) is 5.16 Å². The first-order valence-electron chi connectivity index (χ1n) is 8.10. The SMILES string of the molecule is CN(C)C(=O)CSc1nc2cc(Cl)ccc2c(=O)n1C[C@@H]1CCCO1. The molecule has 1 aliphatic rings. The van der Waals surface area contributed by atoms with E-state index in [1.165, 1.54) is 16.7 Å². The van der Waals surface area contributed by atoms with E-state index in [-0.39, 0.29) is 23.3 Å². The van der Waals surface area contributed by atoms with Crippen molar-refractivity contribution in [1.29, 1.82) is 0 Å². The Hall–Kier alpha value is -1.57. The van der Waals surface area contributed by atoms with E-state index in [0.717, 1.165) is 19.4 Å². The minimum absolute atomic E-state index is 0.00755. The maximum absolute atomic E-state index is 12.9. The van der Waals surface area contributed by atoms with Crippen LogP contribution in [0.15, 0.2) is 28.2 Å². The van der Waals surface area contributed by atoms with Gasteiger partial charge in [0.1, 0.15) is 0 Å². The van der Waals surface area contributed by atoms with Crippen LogP contribution in [0.25, 0.3) is 10.9 Å². The van der Waals surface area contributed by atoms with Gasteiger partial charge in [-0.3, -0.25) is 14.2 Å². The molecule has 1 fully saturated rings. The molecule has 1 atom stereocenters. The van der Waals surface area contributed by atoms with Crippen LogP contribution in [-0.2, 0) is 16.1 Å². The van der Waals surface area contributed by atoms with Crippen molar-refractivity contribution in [2.75, 3.05) is 26.5 Å². The number of nitrogens with zero attached hydrogens (tertiary/aromatic N) is 3. The third-order valence-electron chi connectivity index (χ3n) is 4.12. The Bertz CT molecular complexity index is 847. The van der Waals surface area contributed by atoms with Crippen LogP contribution in [0, 0.1) is 0 Å². The Morgan fingerprint density at radius 2 is 2.28 bits per heavy atom. The highest BCUT2D eigenvalue weighted by Crippen LogP contribution is 2.22. The summed E-state index contributed by atoms with van der Waals surface area (Å²) < 4.78 is 7.29. The number of ether oxygens (including phenoxy) is 1. The van der Waals surface area contributed by atoms with E-state index in [1.807, 2.05) is 0 Å². The highest BCUT2D eigenvalue weighted by atomic mass is 35.5. The number of hydrogen-bond acceptors (Lipinski definition) is 5. The summed E-state index contributed by atoms with van der Waals surface area (Å²) in [5, 5.41) is 1.56. The van der Waals surface area contributed by atoms with Gasteiger partial charge in [0, 0.05) is 25.7 Å². The van der Waals surface area contributed by atoms with E-state index >= 15 is 0 Å². The lowest BCUT2D eigenvalue weighted by Gasteiger charge is -2.17. The van der Waals surface area contributed by atoms with Gasteiger partial charge >= 0.3 is 0 Å². The van der Waals surface area contributed by atoms with E-state index in [0.29, 0.717) is 27.6 Å². The minimum atomic E-state index is -0.128. The number of aromatic nitrogens is 2. The summed E-state index contributed by atoms with van der Waals surface area (Å²) in [5.74, 6) is 0.186. The zero-order valence-electron chi connectivity index (χ0n) is 14.2. The van der Waals surface area contributed by atoms with E-state index in [1.54, 1.807) is 36.9 Å². The number of rotatable bonds is 5. The fourth-order valence-electron chi connectivity index (χ4n) is 2.69. The zero-order valence-corrected chi connectivity index (χ0v) is 15.8. The zero-order chi connectivity index (χ0) is 18.0. The summed E-state index contributed by atoms with van der Waals surface area (Å²) >= 11 is 7.30. The molecule has 1 amide bonds. The monoisotopic (exact) mass is 381 g/mol. The fraction of sp³-hybridized carbons (Fsp3) is 0.471. The molecule has 25 heavy (non-hydrogen) atoms. The topological polar surface area (TPSA) is 64.4 Å². The maximum atomic E-state index is 12.9. The van der Waals surface area contributed by atoms with Gasteiger partial charge < -0.3 is 9.64 Å². The molecule has 2 aromatic rings. The molecular formula is C17H20ClN3O3S. The van der Waals surface area contributed by atoms with Gasteiger partial charge in [-0.2, -0.15) is 0 Å². The summed E-state index contributed by atoms with van der Waals surface area (Å²) in [6, 6.07) is 5.05. The Labute approximate surface area is 155 Å². The number of thioether (sulfide) groups is 1. The first-order chi connectivity index (χ1) is 12.0. The van der Waals surface area contributed by atoms with Gasteiger partial charge in [-0.05, 0) is 31.0 Å². The largest absolute Gasteiger partial charge is 0.376 e. The Morgan fingerprint density at radius 1 is 1.48 bits per heavy atom. The number of halogens is 1. The second-order valence-electron chi connectivity index (χ2n) is 6.18. The summed E-state index contributed by atoms with van der Waals surface area (Å²) in [6.45, 7) is 1.17. The van der Waals surface area contributed by atoms with Gasteiger partial charge in [0.2, 0.25) is 5.91 Å². The van der Waals surface area contributed by atoms with E-state index in [2.05, 4.69) is 4.98 Å². The molecule has 0 unspecified atom stereocenters. The van der Waals surface area contributed by atoms with Crippen molar-refractivity contribution >= 4 is 40.2 Å². The Balaban J connectivity index is 2.00. The molecule has 6 nitrogen and oxygen atoms in total. The van der Waals surface area contributed by atoms with Crippen molar-refractivity contribution in [3.8, 4) is 0 Å². The van der Waals surface area contributed by atoms with E-state index in [4.69, 9.17) is 16.3 Å². The summed E-state index contributed by atoms with van der Waals surface area (Å²) in [7, 11) is 3.41. The first-order valence-corrected chi connectivity index (χ1v) is 9.46. The molecule has 1 saturated heterocycles. The minimum Gasteiger partial charge on any atom is -0.376 e. The lowest BCUT2D eigenvalue weighted by molar-refractivity contribution is -0.125. The van der Waals surface area contributed by atoms with Crippen molar-refractivity contribution in [3.05, 3.63) is 33.6 Å². The standard InChI is InChI=1S/C17H20ClN3O3S/c1-20(2)15(22)10-25-17-19-14-8-11(18)5-6-13(14)16(23)21(17)9-12-4-3-7-24-12/h5-6,8,12H,3-4,7,9-10H2,1-2H3/t12-/m0/s1. The molecule has 2 heterocycles. The quantitative estimate of drug-likeness (QED) is 0.587. The molecule has 3 rings (SSSR count). The van der Waals surface area contributed by atoms with Crippen LogP contribution in [0.4, 0.5) is 0 Å². The van der Waals surface area contributed by atoms with Crippen LogP contribution < -0.4 is 5.56 Å². The average molecular weight is 382 g/mol. The van der Waals surface area contributed by atoms with Crippen molar-refractivity contribution in [3.63, 3.8) is 0 Å². The van der Waals surface area contributed by atoms with Crippen molar-refractivity contribution in [1.82, 2.24) is 14.5 Å². The van der Waals surface area contributed by atoms with Crippen molar-refractivity contribution in [2.24, 2.45) is 0 Å². The molecule has 1 aromatic heterocycles. The second-order valence-corrected chi connectivity index (χ2v) is 7.56. The number of amides is 1. The van der Waals surface area contributed by atoms with Crippen LogP contribution in [0.1, 0.15) is 12.8 Å². The van der Waals surface area contributed by atoms with Crippen molar-refractivity contribution in [2.45, 2.75) is 30.6 Å². The molecule has 0 spiro atoms. The number of fused-ring (bicyclic) bond motifs is 1. The smallest absolute Gasteiger partial charge is 0.262 e. The normalized spacial score (nSPS) is 17.2. The van der Waals surface area contributed by atoms with Crippen LogP contribution >= 0.6 is 23.4 Å². The summed E-state index contributed by atoms with van der Waals surface area (Å²) in [4.78, 5) is 31.0. The fourth-order valence-corrected chi connectivity index (χ4v) is 3.85. The van der Waals surface area contributed by atoms with Crippen molar-refractivity contribution < 1.29 is 9.53 Å². The van der Waals surface area contributed by atoms with Gasteiger partial charge in [-0.1, -0.05) is 23.4 Å². The molecule has 134 valence electrons. The summed E-state index contributed by atoms with van der Waals surface area (Å²) in [6.07, 6.45) is 1.93. The van der Waals surface area contributed by atoms with Gasteiger partial charge in [-0.25, -0.2) is 4.98 Å². The predicted octanol–water partition coefficient (Wildman–Crippen LogP) is 2.41. The van der Waals surface area contributed by atoms with Crippen LogP contribution in [0.2, 0.25) is 5.02 Å². The molecule has 0 radical (unpaired) electrons. The highest BCUT2D eigenvalue weighted by molar-refractivity contribution is 7.99. The van der Waals surface area contributed by atoms with Crippen LogP contribution in [0.5, 0.6) is 0 Å². The molecule has 0 saturated carbocycles. The summed E-state index contributed by atoms with van der Waals surface area (Å²) in [5.41, 5.74) is 0.415. The molecule has 0 N–H and O–H groups in total. The second kappa shape index (κ2) is 7.76. The van der Waals surface area contributed by atoms with E-state index < -0.39 is 0 Å². The maximum Gasteiger partial charge on any atom is 0.262 e. The Kier molecular flexibility index (Phi) is 5.66. The van der Waals surface area contributed by atoms with Gasteiger partial charge in [-0.15, -0.1) is 0 Å². The van der Waals surface area contributed by atoms with Crippen LogP contribution in [-0.4, -0.2) is 52.9 Å². The number of carbonyl (C=O) groups excluding carboxylic acids is 1. The molecule has 0 bridgehead atoms. The number of benzene rings is 1. The lowest BCUT2D eigenvalue weighted by Crippen LogP contribution is -2.29. The third-order valence-corrected chi connectivity index (χ3v) is 5.31. The highest BCUT2D eigenvalue weighted by Gasteiger charge is 2.21. The molecule has 1 aromatic carbocycles. The predicted molar refractivity (Wildman–Crippen MR) is 99.4 cm³/mol. The Morgan fingerprint density at radius 3 is 2.96 bits per heavy atom. The number of hydrogen-bond donors (Lipinski definition) is 0. The van der Waals surface area contributed by atoms with Gasteiger partial charge in [0.05, 0.1) is 29.3 Å². The number of carbonyl (C=O) groups is 1. The molecule has 0 aliphatic carbocycles. The third kappa shape index (κ3) is 4.16. The van der Waals surface area contributed by atoms with Crippen LogP contribution in [0.3, 0.4) is 0 Å².